The van der Waals surface area contributed by atoms with E-state index in [-0.39, 0.29) is 6.61 Å². The van der Waals surface area contributed by atoms with Gasteiger partial charge in [-0.3, -0.25) is 0 Å². The molecule has 0 radical (unpaired) electrons. The van der Waals surface area contributed by atoms with Crippen LogP contribution in [0, 0.1) is 0 Å². The molecule has 1 heterocycles. The highest BCUT2D eigenvalue weighted by Gasteiger charge is 2.18. The average molecular weight is 530 g/mol. The lowest BCUT2D eigenvalue weighted by atomic mass is 10.1. The van der Waals surface area contributed by atoms with Gasteiger partial charge in [0.15, 0.2) is 23.0 Å². The molecular weight excluding hydrogens is 502 g/mol. The number of benzene rings is 3. The summed E-state index contributed by atoms with van der Waals surface area (Å²) in [6.45, 7) is 2.00. The minimum atomic E-state index is -0.853. The van der Waals surface area contributed by atoms with Crippen LogP contribution >= 0.6 is 15.9 Å². The molecule has 4 rings (SSSR count). The molecule has 0 aliphatic carbocycles. The van der Waals surface area contributed by atoms with Gasteiger partial charge in [0.1, 0.15) is 25.9 Å². The Balaban J connectivity index is 1.36. The van der Waals surface area contributed by atoms with Crippen LogP contribution in [0.4, 0.5) is 0 Å². The monoisotopic (exact) mass is 529 g/mol. The number of hydrogen-bond donors (Lipinski definition) is 3. The highest BCUT2D eigenvalue weighted by molar-refractivity contribution is 9.10. The number of halogens is 1. The minimum Gasteiger partial charge on any atom is -0.493 e. The summed E-state index contributed by atoms with van der Waals surface area (Å²) in [5.74, 6) is 2.35. The van der Waals surface area contributed by atoms with Crippen LogP contribution in [0.1, 0.15) is 28.9 Å². The SMILES string of the molecule is COc1cc(CNCC(O)c2ccccc2)cc(Br)c1OCC(O)c1ccc2c(c1)OCCO2. The quantitative estimate of drug-likeness (QED) is 0.363. The van der Waals surface area contributed by atoms with Crippen molar-refractivity contribution < 1.29 is 29.2 Å². The lowest BCUT2D eigenvalue weighted by Crippen LogP contribution is -2.21. The fourth-order valence-corrected chi connectivity index (χ4v) is 4.29. The summed E-state index contributed by atoms with van der Waals surface area (Å²) in [6, 6.07) is 18.7. The number of hydrogen-bond acceptors (Lipinski definition) is 7. The molecule has 2 atom stereocenters. The second kappa shape index (κ2) is 11.6. The smallest absolute Gasteiger partial charge is 0.175 e. The van der Waals surface area contributed by atoms with Crippen molar-refractivity contribution in [2.75, 3.05) is 33.5 Å². The van der Waals surface area contributed by atoms with E-state index >= 15 is 0 Å². The molecule has 0 bridgehead atoms. The summed E-state index contributed by atoms with van der Waals surface area (Å²) in [6.07, 6.45) is -1.44. The van der Waals surface area contributed by atoms with Crippen molar-refractivity contribution in [3.63, 3.8) is 0 Å². The van der Waals surface area contributed by atoms with Crippen molar-refractivity contribution in [1.82, 2.24) is 5.32 Å². The van der Waals surface area contributed by atoms with Crippen molar-refractivity contribution in [1.29, 1.82) is 0 Å². The molecule has 0 spiro atoms. The molecule has 3 aromatic carbocycles. The van der Waals surface area contributed by atoms with E-state index < -0.39 is 12.2 Å². The zero-order chi connectivity index (χ0) is 23.9. The predicted octanol–water partition coefficient (Wildman–Crippen LogP) is 4.16. The van der Waals surface area contributed by atoms with Gasteiger partial charge in [-0.1, -0.05) is 36.4 Å². The molecule has 0 saturated heterocycles. The lowest BCUT2D eigenvalue weighted by molar-refractivity contribution is 0.105. The van der Waals surface area contributed by atoms with Crippen molar-refractivity contribution in [3.8, 4) is 23.0 Å². The van der Waals surface area contributed by atoms with E-state index in [1.807, 2.05) is 42.5 Å². The number of fused-ring (bicyclic) bond motifs is 1. The summed E-state index contributed by atoms with van der Waals surface area (Å²) in [5.41, 5.74) is 2.51. The molecule has 3 aromatic rings. The summed E-state index contributed by atoms with van der Waals surface area (Å²) in [4.78, 5) is 0. The standard InChI is InChI=1S/C26H28BrNO6/c1-31-25-12-17(14-28-15-21(29)18-5-3-2-4-6-18)11-20(27)26(25)34-16-22(30)19-7-8-23-24(13-19)33-10-9-32-23/h2-8,11-13,21-22,28-30H,9-10,14-16H2,1H3. The molecular formula is C26H28BrNO6. The van der Waals surface area contributed by atoms with Crippen LogP contribution in [0.25, 0.3) is 0 Å². The van der Waals surface area contributed by atoms with Crippen molar-refractivity contribution in [3.05, 3.63) is 81.8 Å². The topological polar surface area (TPSA) is 89.4 Å². The Hall–Kier alpha value is -2.78. The highest BCUT2D eigenvalue weighted by Crippen LogP contribution is 2.38. The molecule has 180 valence electrons. The second-order valence-electron chi connectivity index (χ2n) is 7.90. The van der Waals surface area contributed by atoms with Crippen LogP contribution < -0.4 is 24.3 Å². The Bertz CT molecular complexity index is 1090. The van der Waals surface area contributed by atoms with Gasteiger partial charge in [-0.2, -0.15) is 0 Å². The zero-order valence-electron chi connectivity index (χ0n) is 18.9. The van der Waals surface area contributed by atoms with E-state index in [2.05, 4.69) is 21.2 Å². The third-order valence-corrected chi connectivity index (χ3v) is 6.07. The van der Waals surface area contributed by atoms with Crippen LogP contribution in [-0.2, 0) is 6.54 Å². The lowest BCUT2D eigenvalue weighted by Gasteiger charge is -2.21. The van der Waals surface area contributed by atoms with Crippen molar-refractivity contribution >= 4 is 15.9 Å². The van der Waals surface area contributed by atoms with E-state index in [9.17, 15) is 10.2 Å². The van der Waals surface area contributed by atoms with Gasteiger partial charge < -0.3 is 34.5 Å². The summed E-state index contributed by atoms with van der Waals surface area (Å²) in [5, 5.41) is 24.2. The van der Waals surface area contributed by atoms with Crippen LogP contribution in [0.5, 0.6) is 23.0 Å². The highest BCUT2D eigenvalue weighted by atomic mass is 79.9. The third kappa shape index (κ3) is 6.01. The maximum Gasteiger partial charge on any atom is 0.175 e. The van der Waals surface area contributed by atoms with E-state index in [0.29, 0.717) is 59.3 Å². The van der Waals surface area contributed by atoms with Crippen LogP contribution in [0.3, 0.4) is 0 Å². The molecule has 0 fully saturated rings. The third-order valence-electron chi connectivity index (χ3n) is 5.48. The molecule has 0 saturated carbocycles. The van der Waals surface area contributed by atoms with Crippen molar-refractivity contribution in [2.24, 2.45) is 0 Å². The van der Waals surface area contributed by atoms with E-state index in [1.165, 1.54) is 0 Å². The molecule has 3 N–H and O–H groups in total. The summed E-state index contributed by atoms with van der Waals surface area (Å²) >= 11 is 3.55. The largest absolute Gasteiger partial charge is 0.493 e. The first-order valence-corrected chi connectivity index (χ1v) is 11.8. The Labute approximate surface area is 207 Å². The van der Waals surface area contributed by atoms with E-state index in [0.717, 1.165) is 11.1 Å². The zero-order valence-corrected chi connectivity index (χ0v) is 20.5. The number of ether oxygens (including phenoxy) is 4. The van der Waals surface area contributed by atoms with Crippen LogP contribution in [0.15, 0.2) is 65.1 Å². The Morgan fingerprint density at radius 1 is 0.941 bits per heavy atom. The van der Waals surface area contributed by atoms with Crippen LogP contribution in [0.2, 0.25) is 0 Å². The Morgan fingerprint density at radius 3 is 2.47 bits per heavy atom. The second-order valence-corrected chi connectivity index (χ2v) is 8.75. The molecule has 1 aliphatic rings. The predicted molar refractivity (Wildman–Crippen MR) is 132 cm³/mol. The first kappa shape index (κ1) is 24.3. The molecule has 2 unspecified atom stereocenters. The van der Waals surface area contributed by atoms with Crippen molar-refractivity contribution in [2.45, 2.75) is 18.8 Å². The minimum absolute atomic E-state index is 0.0372. The number of methoxy groups -OCH3 is 1. The molecule has 0 amide bonds. The number of rotatable bonds is 10. The number of aliphatic hydroxyl groups is 2. The first-order chi connectivity index (χ1) is 16.5. The van der Waals surface area contributed by atoms with Gasteiger partial charge in [0.2, 0.25) is 0 Å². The van der Waals surface area contributed by atoms with Gasteiger partial charge in [0.05, 0.1) is 17.7 Å². The van der Waals surface area contributed by atoms with Gasteiger partial charge in [-0.05, 0) is 56.9 Å². The number of nitrogens with one attached hydrogen (secondary N) is 1. The van der Waals surface area contributed by atoms with Gasteiger partial charge in [0.25, 0.3) is 0 Å². The van der Waals surface area contributed by atoms with Crippen LogP contribution in [-0.4, -0.2) is 43.7 Å². The Kier molecular flexibility index (Phi) is 8.29. The summed E-state index contributed by atoms with van der Waals surface area (Å²) < 4.78 is 23.3. The van der Waals surface area contributed by atoms with Gasteiger partial charge in [-0.15, -0.1) is 0 Å². The maximum absolute atomic E-state index is 10.6. The number of aliphatic hydroxyl groups excluding tert-OH is 2. The summed E-state index contributed by atoms with van der Waals surface area (Å²) in [7, 11) is 1.57. The molecule has 34 heavy (non-hydrogen) atoms. The van der Waals surface area contributed by atoms with E-state index in [4.69, 9.17) is 18.9 Å². The average Bonchev–Trinajstić information content (AvgIpc) is 2.87. The van der Waals surface area contributed by atoms with Gasteiger partial charge in [-0.25, -0.2) is 0 Å². The van der Waals surface area contributed by atoms with Gasteiger partial charge >= 0.3 is 0 Å². The normalized spacial score (nSPS) is 14.4. The van der Waals surface area contributed by atoms with Gasteiger partial charge in [0, 0.05) is 13.1 Å². The van der Waals surface area contributed by atoms with E-state index in [1.54, 1.807) is 25.3 Å². The maximum atomic E-state index is 10.6. The molecule has 7 nitrogen and oxygen atoms in total. The fraction of sp³-hybridized carbons (Fsp3) is 0.308. The Morgan fingerprint density at radius 2 is 1.71 bits per heavy atom. The molecule has 8 heteroatoms. The molecule has 0 aromatic heterocycles. The first-order valence-electron chi connectivity index (χ1n) is 11.1. The molecule has 1 aliphatic heterocycles. The fourth-order valence-electron chi connectivity index (χ4n) is 3.69.